The van der Waals surface area contributed by atoms with Gasteiger partial charge in [-0.15, -0.1) is 0 Å². The van der Waals surface area contributed by atoms with Crippen LogP contribution in [0.4, 0.5) is 13.2 Å². The van der Waals surface area contributed by atoms with Crippen LogP contribution in [0.15, 0.2) is 12.3 Å². The first-order valence-electron chi connectivity index (χ1n) is 6.15. The normalized spacial score (nSPS) is 18.4. The Labute approximate surface area is 125 Å². The monoisotopic (exact) mass is 327 g/mol. The maximum Gasteiger partial charge on any atom is 0.401 e. The van der Waals surface area contributed by atoms with Crippen molar-refractivity contribution < 1.29 is 13.2 Å². The minimum Gasteiger partial charge on any atom is -0.296 e. The van der Waals surface area contributed by atoms with Gasteiger partial charge in [-0.25, -0.2) is 4.98 Å². The summed E-state index contributed by atoms with van der Waals surface area (Å²) in [5.74, 6) is 0. The fourth-order valence-electron chi connectivity index (χ4n) is 2.15. The number of hydrogen-bond donors (Lipinski definition) is 0. The molecule has 0 radical (unpaired) electrons. The lowest BCUT2D eigenvalue weighted by molar-refractivity contribution is -0.149. The zero-order valence-electron chi connectivity index (χ0n) is 10.6. The highest BCUT2D eigenvalue weighted by Crippen LogP contribution is 2.21. The van der Waals surface area contributed by atoms with Crippen molar-refractivity contribution in [1.82, 2.24) is 14.8 Å². The Morgan fingerprint density at radius 3 is 2.25 bits per heavy atom. The van der Waals surface area contributed by atoms with Gasteiger partial charge in [0.2, 0.25) is 0 Å². The molecule has 20 heavy (non-hydrogen) atoms. The maximum absolute atomic E-state index is 12.3. The van der Waals surface area contributed by atoms with E-state index in [-0.39, 0.29) is 0 Å². The molecule has 2 rings (SSSR count). The van der Waals surface area contributed by atoms with Crippen LogP contribution in [0.25, 0.3) is 0 Å². The Morgan fingerprint density at radius 1 is 1.10 bits per heavy atom. The van der Waals surface area contributed by atoms with E-state index in [0.717, 1.165) is 5.56 Å². The summed E-state index contributed by atoms with van der Waals surface area (Å²) >= 11 is 11.8. The lowest BCUT2D eigenvalue weighted by Gasteiger charge is -2.35. The first-order chi connectivity index (χ1) is 9.33. The first kappa shape index (κ1) is 15.8. The number of aromatic nitrogens is 1. The van der Waals surface area contributed by atoms with Crippen LogP contribution in [0.3, 0.4) is 0 Å². The summed E-state index contributed by atoms with van der Waals surface area (Å²) in [7, 11) is 0. The average Bonchev–Trinajstić information content (AvgIpc) is 2.33. The molecule has 112 valence electrons. The van der Waals surface area contributed by atoms with E-state index in [0.29, 0.717) is 42.9 Å². The van der Waals surface area contributed by atoms with E-state index in [1.165, 1.54) is 4.90 Å². The van der Waals surface area contributed by atoms with E-state index in [1.807, 2.05) is 0 Å². The molecule has 0 unspecified atom stereocenters. The second-order valence-electron chi connectivity index (χ2n) is 4.77. The molecule has 0 spiro atoms. The van der Waals surface area contributed by atoms with Gasteiger partial charge in [-0.1, -0.05) is 23.2 Å². The highest BCUT2D eigenvalue weighted by molar-refractivity contribution is 6.34. The number of hydrogen-bond acceptors (Lipinski definition) is 3. The van der Waals surface area contributed by atoms with Gasteiger partial charge < -0.3 is 0 Å². The summed E-state index contributed by atoms with van der Waals surface area (Å²) in [6.45, 7) is 1.69. The van der Waals surface area contributed by atoms with E-state index >= 15 is 0 Å². The van der Waals surface area contributed by atoms with Crippen LogP contribution < -0.4 is 0 Å². The Hall–Kier alpha value is -0.560. The first-order valence-corrected chi connectivity index (χ1v) is 6.90. The quantitative estimate of drug-likeness (QED) is 0.795. The molecule has 1 aliphatic rings. The second kappa shape index (κ2) is 6.47. The molecule has 1 aromatic heterocycles. The van der Waals surface area contributed by atoms with Gasteiger partial charge in [-0.2, -0.15) is 13.2 Å². The molecular weight excluding hydrogens is 314 g/mol. The summed E-state index contributed by atoms with van der Waals surface area (Å²) in [4.78, 5) is 7.44. The van der Waals surface area contributed by atoms with Crippen molar-refractivity contribution in [2.45, 2.75) is 12.7 Å². The summed E-state index contributed by atoms with van der Waals surface area (Å²) in [6, 6.07) is 1.57. The molecule has 1 fully saturated rings. The van der Waals surface area contributed by atoms with Crippen LogP contribution in [-0.4, -0.2) is 53.7 Å². The Bertz CT molecular complexity index is 460. The molecule has 0 saturated carbocycles. The number of piperazine rings is 1. The molecule has 0 aromatic carbocycles. The van der Waals surface area contributed by atoms with Gasteiger partial charge in [0.25, 0.3) is 0 Å². The van der Waals surface area contributed by atoms with Gasteiger partial charge >= 0.3 is 6.18 Å². The Balaban J connectivity index is 1.85. The zero-order valence-corrected chi connectivity index (χ0v) is 12.1. The van der Waals surface area contributed by atoms with Crippen molar-refractivity contribution in [1.29, 1.82) is 0 Å². The summed E-state index contributed by atoms with van der Waals surface area (Å²) in [5.41, 5.74) is 0.834. The molecule has 1 aliphatic heterocycles. The molecule has 3 nitrogen and oxygen atoms in total. The van der Waals surface area contributed by atoms with E-state index in [2.05, 4.69) is 9.88 Å². The van der Waals surface area contributed by atoms with E-state index in [9.17, 15) is 13.2 Å². The third-order valence-corrected chi connectivity index (χ3v) is 3.72. The predicted molar refractivity (Wildman–Crippen MR) is 72.0 cm³/mol. The van der Waals surface area contributed by atoms with Gasteiger partial charge in [-0.3, -0.25) is 9.80 Å². The third-order valence-electron chi connectivity index (χ3n) is 3.16. The van der Waals surface area contributed by atoms with Crippen molar-refractivity contribution in [2.75, 3.05) is 32.7 Å². The second-order valence-corrected chi connectivity index (χ2v) is 5.56. The smallest absolute Gasteiger partial charge is 0.296 e. The lowest BCUT2D eigenvalue weighted by Crippen LogP contribution is -2.48. The van der Waals surface area contributed by atoms with Crippen molar-refractivity contribution in [2.24, 2.45) is 0 Å². The molecule has 0 N–H and O–H groups in total. The van der Waals surface area contributed by atoms with Gasteiger partial charge in [0.15, 0.2) is 0 Å². The molecule has 0 bridgehead atoms. The van der Waals surface area contributed by atoms with Crippen LogP contribution >= 0.6 is 23.2 Å². The van der Waals surface area contributed by atoms with E-state index in [1.54, 1.807) is 12.3 Å². The summed E-state index contributed by atoms with van der Waals surface area (Å²) in [5, 5.41) is 0.858. The van der Waals surface area contributed by atoms with Gasteiger partial charge in [0.05, 0.1) is 6.54 Å². The summed E-state index contributed by atoms with van der Waals surface area (Å²) < 4.78 is 36.8. The van der Waals surface area contributed by atoms with Gasteiger partial charge in [0.1, 0.15) is 5.15 Å². The standard InChI is InChI=1S/C12H14Cl2F3N3/c13-10-5-11(14)18-6-9(10)7-19-1-3-20(4-2-19)8-12(15,16)17/h5-6H,1-4,7-8H2. The minimum atomic E-state index is -4.13. The van der Waals surface area contributed by atoms with Crippen molar-refractivity contribution in [3.05, 3.63) is 28.0 Å². The largest absolute Gasteiger partial charge is 0.401 e. The fourth-order valence-corrected chi connectivity index (χ4v) is 2.58. The lowest BCUT2D eigenvalue weighted by atomic mass is 10.2. The molecule has 0 amide bonds. The number of halogens is 5. The molecule has 0 aliphatic carbocycles. The number of pyridine rings is 1. The maximum atomic E-state index is 12.3. The Kier molecular flexibility index (Phi) is 5.12. The van der Waals surface area contributed by atoms with E-state index < -0.39 is 12.7 Å². The third kappa shape index (κ3) is 4.77. The SMILES string of the molecule is FC(F)(F)CN1CCN(Cc2cnc(Cl)cc2Cl)CC1. The zero-order chi connectivity index (χ0) is 14.8. The highest BCUT2D eigenvalue weighted by Gasteiger charge is 2.32. The van der Waals surface area contributed by atoms with Crippen LogP contribution in [0.1, 0.15) is 5.56 Å². The van der Waals surface area contributed by atoms with Gasteiger partial charge in [-0.05, 0) is 6.07 Å². The number of alkyl halides is 3. The van der Waals surface area contributed by atoms with Crippen molar-refractivity contribution in [3.63, 3.8) is 0 Å². The molecule has 1 saturated heterocycles. The molecule has 0 atom stereocenters. The highest BCUT2D eigenvalue weighted by atomic mass is 35.5. The van der Waals surface area contributed by atoms with Crippen molar-refractivity contribution >= 4 is 23.2 Å². The summed E-state index contributed by atoms with van der Waals surface area (Å²) in [6.07, 6.45) is -2.53. The van der Waals surface area contributed by atoms with Crippen LogP contribution in [0.2, 0.25) is 10.2 Å². The number of rotatable bonds is 3. The predicted octanol–water partition coefficient (Wildman–Crippen LogP) is 3.07. The van der Waals surface area contributed by atoms with Crippen LogP contribution in [0, 0.1) is 0 Å². The minimum absolute atomic E-state index is 0.328. The topological polar surface area (TPSA) is 19.4 Å². The van der Waals surface area contributed by atoms with E-state index in [4.69, 9.17) is 23.2 Å². The molecule has 8 heteroatoms. The molecule has 1 aromatic rings. The van der Waals surface area contributed by atoms with Gasteiger partial charge in [0, 0.05) is 49.5 Å². The number of nitrogens with zero attached hydrogens (tertiary/aromatic N) is 3. The van der Waals surface area contributed by atoms with Crippen molar-refractivity contribution in [3.8, 4) is 0 Å². The Morgan fingerprint density at radius 2 is 1.70 bits per heavy atom. The van der Waals surface area contributed by atoms with Crippen LogP contribution in [-0.2, 0) is 6.54 Å². The van der Waals surface area contributed by atoms with Crippen LogP contribution in [0.5, 0.6) is 0 Å². The fraction of sp³-hybridized carbons (Fsp3) is 0.583. The molecule has 2 heterocycles. The molecular formula is C12H14Cl2F3N3. The average molecular weight is 328 g/mol.